The Morgan fingerprint density at radius 3 is 2.17 bits per heavy atom. The number of nitrogens with two attached hydrogens (primary N) is 1. The summed E-state index contributed by atoms with van der Waals surface area (Å²) in [6.07, 6.45) is -6.38. The zero-order valence-corrected chi connectivity index (χ0v) is 15.9. The van der Waals surface area contributed by atoms with E-state index in [0.29, 0.717) is 4.90 Å². The fraction of sp³-hybridized carbons (Fsp3) is 0.263. The van der Waals surface area contributed by atoms with Crippen molar-refractivity contribution in [3.05, 3.63) is 65.7 Å². The van der Waals surface area contributed by atoms with Gasteiger partial charge in [0, 0.05) is 10.6 Å². The average Bonchev–Trinajstić information content (AvgIpc) is 2.70. The number of amides is 2. The third kappa shape index (κ3) is 6.40. The van der Waals surface area contributed by atoms with E-state index in [2.05, 4.69) is 5.32 Å². The number of halogens is 3. The first-order valence-electron chi connectivity index (χ1n) is 8.48. The van der Waals surface area contributed by atoms with Crippen LogP contribution < -0.4 is 11.1 Å². The molecular weight excluding hydrogens is 409 g/mol. The Kier molecular flexibility index (Phi) is 7.52. The second kappa shape index (κ2) is 9.66. The Morgan fingerprint density at radius 2 is 1.66 bits per heavy atom. The summed E-state index contributed by atoms with van der Waals surface area (Å²) in [5.74, 6) is -1.85. The minimum absolute atomic E-state index is 0.0360. The smallest absolute Gasteiger partial charge is 0.378 e. The second-order valence-corrected chi connectivity index (χ2v) is 7.71. The molecule has 0 spiro atoms. The van der Waals surface area contributed by atoms with E-state index in [9.17, 15) is 32.1 Å². The highest BCUT2D eigenvalue weighted by molar-refractivity contribution is 7.85. The van der Waals surface area contributed by atoms with E-state index < -0.39 is 46.5 Å². The Hall–Kier alpha value is -2.72. The van der Waals surface area contributed by atoms with Gasteiger partial charge in [0.2, 0.25) is 5.91 Å². The van der Waals surface area contributed by atoms with Crippen molar-refractivity contribution < 1.29 is 32.1 Å². The number of hydrogen-bond acceptors (Lipinski definition) is 4. The molecule has 2 rings (SSSR count). The molecule has 156 valence electrons. The lowest BCUT2D eigenvalue weighted by molar-refractivity contribution is -0.137. The zero-order valence-electron chi connectivity index (χ0n) is 15.1. The summed E-state index contributed by atoms with van der Waals surface area (Å²) >= 11 is 0. The number of benzene rings is 2. The fourth-order valence-corrected chi connectivity index (χ4v) is 3.60. The van der Waals surface area contributed by atoms with Crippen molar-refractivity contribution in [2.45, 2.75) is 29.6 Å². The zero-order chi connectivity index (χ0) is 21.6. The maximum absolute atomic E-state index is 12.6. The van der Waals surface area contributed by atoms with Crippen LogP contribution in [0, 0.1) is 0 Å². The van der Waals surface area contributed by atoms with Crippen LogP contribution in [0.3, 0.4) is 0 Å². The van der Waals surface area contributed by atoms with Crippen LogP contribution in [0.25, 0.3) is 0 Å². The molecule has 0 unspecified atom stereocenters. The van der Waals surface area contributed by atoms with Crippen molar-refractivity contribution in [3.8, 4) is 0 Å². The number of nitrogens with one attached hydrogen (secondary N) is 1. The number of aliphatic hydroxyl groups is 1. The van der Waals surface area contributed by atoms with Crippen LogP contribution in [-0.4, -0.2) is 32.9 Å². The van der Waals surface area contributed by atoms with Crippen LogP contribution in [0.4, 0.5) is 13.2 Å². The third-order valence-electron chi connectivity index (χ3n) is 4.06. The molecule has 10 heteroatoms. The highest BCUT2D eigenvalue weighted by Gasteiger charge is 2.31. The SMILES string of the molecule is NC(=O)[C@@H](CC[S@](=O)c1ccccc1)NC(=O)[C@@H](O)c1ccc(C(F)(F)F)cc1. The molecular formula is C19H19F3N2O4S. The van der Waals surface area contributed by atoms with Crippen LogP contribution in [0.15, 0.2) is 59.5 Å². The van der Waals surface area contributed by atoms with Gasteiger partial charge in [0.05, 0.1) is 16.4 Å². The summed E-state index contributed by atoms with van der Waals surface area (Å²) in [4.78, 5) is 24.3. The normalized spacial score (nSPS) is 14.6. The van der Waals surface area contributed by atoms with Gasteiger partial charge < -0.3 is 16.2 Å². The monoisotopic (exact) mass is 428 g/mol. The van der Waals surface area contributed by atoms with Gasteiger partial charge in [0.15, 0.2) is 6.10 Å². The van der Waals surface area contributed by atoms with Crippen molar-refractivity contribution in [2.24, 2.45) is 5.73 Å². The van der Waals surface area contributed by atoms with Gasteiger partial charge in [-0.05, 0) is 36.2 Å². The van der Waals surface area contributed by atoms with E-state index >= 15 is 0 Å². The van der Waals surface area contributed by atoms with Gasteiger partial charge in [0.25, 0.3) is 5.91 Å². The number of alkyl halides is 3. The number of rotatable bonds is 8. The maximum atomic E-state index is 12.6. The number of aliphatic hydroxyl groups excluding tert-OH is 1. The fourth-order valence-electron chi connectivity index (χ4n) is 2.46. The minimum Gasteiger partial charge on any atom is -0.378 e. The van der Waals surface area contributed by atoms with Crippen molar-refractivity contribution in [2.75, 3.05) is 5.75 Å². The Labute approximate surface area is 167 Å². The lowest BCUT2D eigenvalue weighted by Crippen LogP contribution is -2.46. The number of carbonyl (C=O) groups excluding carboxylic acids is 2. The number of hydrogen-bond donors (Lipinski definition) is 3. The Bertz CT molecular complexity index is 873. The van der Waals surface area contributed by atoms with E-state index in [1.54, 1.807) is 30.3 Å². The van der Waals surface area contributed by atoms with Crippen LogP contribution in [-0.2, 0) is 26.6 Å². The molecule has 0 aromatic heterocycles. The highest BCUT2D eigenvalue weighted by Crippen LogP contribution is 2.30. The van der Waals surface area contributed by atoms with E-state index in [1.165, 1.54) is 0 Å². The summed E-state index contributed by atoms with van der Waals surface area (Å²) in [6.45, 7) is 0. The van der Waals surface area contributed by atoms with Gasteiger partial charge in [-0.3, -0.25) is 13.8 Å². The van der Waals surface area contributed by atoms with E-state index in [4.69, 9.17) is 5.73 Å². The van der Waals surface area contributed by atoms with Crippen molar-refractivity contribution in [3.63, 3.8) is 0 Å². The van der Waals surface area contributed by atoms with Crippen LogP contribution in [0.1, 0.15) is 23.7 Å². The molecule has 29 heavy (non-hydrogen) atoms. The van der Waals surface area contributed by atoms with Crippen molar-refractivity contribution >= 4 is 22.6 Å². The van der Waals surface area contributed by atoms with Gasteiger partial charge in [0.1, 0.15) is 6.04 Å². The summed E-state index contributed by atoms with van der Waals surface area (Å²) in [5.41, 5.74) is 4.26. The van der Waals surface area contributed by atoms with E-state index in [1.807, 2.05) is 0 Å². The van der Waals surface area contributed by atoms with E-state index in [-0.39, 0.29) is 17.7 Å². The van der Waals surface area contributed by atoms with Crippen molar-refractivity contribution in [1.82, 2.24) is 5.32 Å². The lowest BCUT2D eigenvalue weighted by Gasteiger charge is -2.18. The standard InChI is InChI=1S/C19H19F3N2O4S/c20-19(21,22)13-8-6-12(7-9-13)16(25)18(27)24-15(17(23)26)10-11-29(28)14-4-2-1-3-5-14/h1-9,15-16,25H,10-11H2,(H2,23,26)(H,24,27)/t15-,16+,29+/m1/s1. The summed E-state index contributed by atoms with van der Waals surface area (Å²) < 4.78 is 50.0. The second-order valence-electron chi connectivity index (χ2n) is 6.14. The molecule has 0 aliphatic heterocycles. The first-order chi connectivity index (χ1) is 13.6. The van der Waals surface area contributed by atoms with Gasteiger partial charge in [-0.1, -0.05) is 30.3 Å². The minimum atomic E-state index is -4.54. The predicted octanol–water partition coefficient (Wildman–Crippen LogP) is 1.91. The highest BCUT2D eigenvalue weighted by atomic mass is 32.2. The average molecular weight is 428 g/mol. The molecule has 0 aliphatic rings. The first kappa shape index (κ1) is 22.6. The molecule has 0 heterocycles. The van der Waals surface area contributed by atoms with Gasteiger partial charge in [-0.2, -0.15) is 13.2 Å². The van der Waals surface area contributed by atoms with Gasteiger partial charge in [-0.15, -0.1) is 0 Å². The van der Waals surface area contributed by atoms with Crippen LogP contribution in [0.2, 0.25) is 0 Å². The summed E-state index contributed by atoms with van der Waals surface area (Å²) in [5, 5.41) is 12.3. The van der Waals surface area contributed by atoms with Gasteiger partial charge in [-0.25, -0.2) is 0 Å². The maximum Gasteiger partial charge on any atom is 0.416 e. The molecule has 2 amide bonds. The first-order valence-corrected chi connectivity index (χ1v) is 9.80. The molecule has 0 radical (unpaired) electrons. The predicted molar refractivity (Wildman–Crippen MR) is 99.9 cm³/mol. The third-order valence-corrected chi connectivity index (χ3v) is 5.46. The molecule has 2 aromatic carbocycles. The van der Waals surface area contributed by atoms with Crippen molar-refractivity contribution in [1.29, 1.82) is 0 Å². The molecule has 6 nitrogen and oxygen atoms in total. The molecule has 0 saturated carbocycles. The molecule has 3 atom stereocenters. The summed E-state index contributed by atoms with van der Waals surface area (Å²) in [6, 6.07) is 10.7. The molecule has 0 saturated heterocycles. The molecule has 2 aromatic rings. The molecule has 0 aliphatic carbocycles. The largest absolute Gasteiger partial charge is 0.416 e. The van der Waals surface area contributed by atoms with Crippen LogP contribution in [0.5, 0.6) is 0 Å². The van der Waals surface area contributed by atoms with E-state index in [0.717, 1.165) is 24.3 Å². The topological polar surface area (TPSA) is 109 Å². The van der Waals surface area contributed by atoms with Gasteiger partial charge >= 0.3 is 6.18 Å². The lowest BCUT2D eigenvalue weighted by atomic mass is 10.1. The number of primary amides is 1. The Morgan fingerprint density at radius 1 is 1.07 bits per heavy atom. The molecule has 0 fully saturated rings. The Balaban J connectivity index is 1.99. The number of carbonyl (C=O) groups is 2. The van der Waals surface area contributed by atoms with Crippen LogP contribution >= 0.6 is 0 Å². The molecule has 0 bridgehead atoms. The summed E-state index contributed by atoms with van der Waals surface area (Å²) in [7, 11) is -1.42. The molecule has 4 N–H and O–H groups in total. The quantitative estimate of drug-likeness (QED) is 0.597.